The molecular formula is C26H36F4O2Si2. The van der Waals surface area contributed by atoms with Crippen LogP contribution in [0.1, 0.15) is 43.7 Å². The number of hydrogen-bond donors (Lipinski definition) is 0. The molecule has 0 saturated heterocycles. The molecule has 0 bridgehead atoms. The Hall–Kier alpha value is -1.81. The maximum atomic E-state index is 15.2. The Morgan fingerprint density at radius 2 is 1.35 bits per heavy atom. The molecule has 2 nitrogen and oxygen atoms in total. The predicted octanol–water partition coefficient (Wildman–Crippen LogP) is 8.16. The third-order valence-corrected chi connectivity index (χ3v) is 15.7. The van der Waals surface area contributed by atoms with Gasteiger partial charge in [-0.1, -0.05) is 57.7 Å². The summed E-state index contributed by atoms with van der Waals surface area (Å²) in [7, 11) is -1.69. The maximum absolute atomic E-state index is 15.2. The molecule has 0 N–H and O–H groups in total. The van der Waals surface area contributed by atoms with Gasteiger partial charge in [-0.2, -0.15) is 8.78 Å². The normalized spacial score (nSPS) is 14.3. The number of rotatable bonds is 12. The molecule has 0 radical (unpaired) electrons. The lowest BCUT2D eigenvalue weighted by Crippen LogP contribution is -2.30. The van der Waals surface area contributed by atoms with Crippen LogP contribution in [0.15, 0.2) is 24.3 Å². The Kier molecular flexibility index (Phi) is 8.55. The van der Waals surface area contributed by atoms with Gasteiger partial charge in [0.1, 0.15) is 0 Å². The highest BCUT2D eigenvalue weighted by Crippen LogP contribution is 2.55. The van der Waals surface area contributed by atoms with Crippen LogP contribution < -0.4 is 9.47 Å². The lowest BCUT2D eigenvalue weighted by Gasteiger charge is -2.24. The molecule has 0 unspecified atom stereocenters. The number of halogens is 4. The zero-order valence-corrected chi connectivity index (χ0v) is 23.0. The molecule has 0 saturated carbocycles. The van der Waals surface area contributed by atoms with E-state index in [1.54, 1.807) is 0 Å². The molecule has 1 aliphatic carbocycles. The summed E-state index contributed by atoms with van der Waals surface area (Å²) in [5.74, 6) is -6.52. The van der Waals surface area contributed by atoms with Gasteiger partial charge < -0.3 is 9.47 Å². The molecule has 8 heteroatoms. The van der Waals surface area contributed by atoms with Crippen LogP contribution in [0.25, 0.3) is 11.1 Å². The second-order valence-electron chi connectivity index (χ2n) is 10.4. The average molecular weight is 513 g/mol. The van der Waals surface area contributed by atoms with Crippen LogP contribution >= 0.6 is 0 Å². The van der Waals surface area contributed by atoms with Crippen LogP contribution in [0, 0.1) is 11.6 Å². The Bertz CT molecular complexity index is 1010. The van der Waals surface area contributed by atoms with Gasteiger partial charge in [-0.15, -0.1) is 0 Å². The third-order valence-electron chi connectivity index (χ3n) is 6.31. The molecule has 188 valence electrons. The summed E-state index contributed by atoms with van der Waals surface area (Å²) >= 11 is 0. The van der Waals surface area contributed by atoms with E-state index in [1.807, 2.05) is 6.92 Å². The fourth-order valence-corrected chi connectivity index (χ4v) is 15.9. The Labute approximate surface area is 203 Å². The SMILES string of the molecule is CCCOc1ccc2c(c1F)C(F)(F)c1c-2ccc(OCCCCC[Si](C)(C)C[SiH](C)C)c1F. The number of ether oxygens (including phenoxy) is 2. The second kappa shape index (κ2) is 10.9. The monoisotopic (exact) mass is 512 g/mol. The first-order valence-electron chi connectivity index (χ1n) is 12.3. The minimum absolute atomic E-state index is 0.00770. The maximum Gasteiger partial charge on any atom is 0.305 e. The van der Waals surface area contributed by atoms with Gasteiger partial charge in [-0.05, 0) is 48.2 Å². The fourth-order valence-electron chi connectivity index (χ4n) is 5.01. The zero-order chi connectivity index (χ0) is 25.1. The summed E-state index contributed by atoms with van der Waals surface area (Å²) in [4.78, 5) is 0. The quantitative estimate of drug-likeness (QED) is 0.162. The molecule has 0 fully saturated rings. The molecule has 1 aliphatic rings. The second-order valence-corrected chi connectivity index (χ2v) is 19.7. The molecule has 0 spiro atoms. The molecule has 3 rings (SSSR count). The molecule has 0 aromatic heterocycles. The molecular weight excluding hydrogens is 476 g/mol. The van der Waals surface area contributed by atoms with Crippen molar-refractivity contribution in [1.82, 2.24) is 0 Å². The summed E-state index contributed by atoms with van der Waals surface area (Å²) in [6.45, 7) is 12.0. The van der Waals surface area contributed by atoms with Crippen molar-refractivity contribution < 1.29 is 27.0 Å². The van der Waals surface area contributed by atoms with Crippen molar-refractivity contribution in [3.63, 3.8) is 0 Å². The van der Waals surface area contributed by atoms with E-state index in [0.29, 0.717) is 6.42 Å². The van der Waals surface area contributed by atoms with Gasteiger partial charge in [0, 0.05) is 16.9 Å². The fraction of sp³-hybridized carbons (Fsp3) is 0.538. The minimum Gasteiger partial charge on any atom is -0.491 e. The smallest absolute Gasteiger partial charge is 0.305 e. The van der Waals surface area contributed by atoms with Gasteiger partial charge in [-0.3, -0.25) is 0 Å². The Morgan fingerprint density at radius 1 is 0.824 bits per heavy atom. The molecule has 0 aliphatic heterocycles. The van der Waals surface area contributed by atoms with Crippen molar-refractivity contribution in [1.29, 1.82) is 0 Å². The minimum atomic E-state index is -3.81. The Balaban J connectivity index is 1.67. The van der Waals surface area contributed by atoms with Crippen molar-refractivity contribution in [3.05, 3.63) is 47.0 Å². The van der Waals surface area contributed by atoms with Crippen LogP contribution in [0.5, 0.6) is 11.5 Å². The van der Waals surface area contributed by atoms with Crippen LogP contribution in [0.4, 0.5) is 17.6 Å². The van der Waals surface area contributed by atoms with Crippen molar-refractivity contribution in [3.8, 4) is 22.6 Å². The number of hydrogen-bond acceptors (Lipinski definition) is 2. The first kappa shape index (κ1) is 26.8. The molecule has 0 amide bonds. The number of benzene rings is 2. The summed E-state index contributed by atoms with van der Waals surface area (Å²) < 4.78 is 71.4. The third kappa shape index (κ3) is 5.70. The molecule has 0 heterocycles. The molecule has 2 aromatic rings. The highest BCUT2D eigenvalue weighted by molar-refractivity contribution is 6.87. The number of unbranched alkanes of at least 4 members (excludes halogenated alkanes) is 2. The summed E-state index contributed by atoms with van der Waals surface area (Å²) in [5, 5.41) is 0. The molecule has 0 atom stereocenters. The summed E-state index contributed by atoms with van der Waals surface area (Å²) in [6, 6.07) is 6.72. The highest BCUT2D eigenvalue weighted by atomic mass is 28.4. The van der Waals surface area contributed by atoms with Gasteiger partial charge in [0.15, 0.2) is 23.1 Å². The van der Waals surface area contributed by atoms with E-state index in [2.05, 4.69) is 26.2 Å². The van der Waals surface area contributed by atoms with Gasteiger partial charge in [0.05, 0.1) is 24.3 Å². The van der Waals surface area contributed by atoms with Gasteiger partial charge in [0.25, 0.3) is 0 Å². The standard InChI is InChI=1S/C26H36F4O2Si2/c1-6-14-31-20-12-10-18-19-11-13-21(25(28)23(19)26(29,30)22(18)24(20)27)32-15-8-7-9-16-34(4,5)17-33(2)3/h10-13,33H,6-9,14-17H2,1-5H3. The first-order chi connectivity index (χ1) is 16.0. The van der Waals surface area contributed by atoms with Crippen molar-refractivity contribution >= 4 is 16.9 Å². The van der Waals surface area contributed by atoms with Gasteiger partial charge >= 0.3 is 5.92 Å². The van der Waals surface area contributed by atoms with Crippen LogP contribution in [-0.2, 0) is 5.92 Å². The molecule has 2 aromatic carbocycles. The van der Waals surface area contributed by atoms with E-state index in [9.17, 15) is 4.39 Å². The van der Waals surface area contributed by atoms with Gasteiger partial charge in [-0.25, -0.2) is 8.78 Å². The van der Waals surface area contributed by atoms with E-state index >= 15 is 13.2 Å². The summed E-state index contributed by atoms with van der Waals surface area (Å²) in [6.07, 6.45) is 3.44. The lowest BCUT2D eigenvalue weighted by molar-refractivity contribution is 0.0392. The van der Waals surface area contributed by atoms with E-state index in [0.717, 1.165) is 19.3 Å². The molecule has 34 heavy (non-hydrogen) atoms. The van der Waals surface area contributed by atoms with E-state index in [4.69, 9.17) is 9.47 Å². The average Bonchev–Trinajstić information content (AvgIpc) is 2.98. The van der Waals surface area contributed by atoms with Gasteiger partial charge in [0.2, 0.25) is 0 Å². The summed E-state index contributed by atoms with van der Waals surface area (Å²) in [5.41, 5.74) is -0.233. The van der Waals surface area contributed by atoms with E-state index < -0.39 is 45.6 Å². The van der Waals surface area contributed by atoms with Crippen molar-refractivity contribution in [2.24, 2.45) is 0 Å². The van der Waals surface area contributed by atoms with E-state index in [1.165, 1.54) is 36.0 Å². The zero-order valence-electron chi connectivity index (χ0n) is 20.9. The number of alkyl halides is 2. The van der Waals surface area contributed by atoms with Crippen LogP contribution in [-0.4, -0.2) is 30.1 Å². The van der Waals surface area contributed by atoms with E-state index in [-0.39, 0.29) is 35.8 Å². The largest absolute Gasteiger partial charge is 0.491 e. The predicted molar refractivity (Wildman–Crippen MR) is 136 cm³/mol. The van der Waals surface area contributed by atoms with Crippen molar-refractivity contribution in [2.75, 3.05) is 13.2 Å². The number of fused-ring (bicyclic) bond motifs is 3. The lowest BCUT2D eigenvalue weighted by atomic mass is 10.0. The van der Waals surface area contributed by atoms with Crippen LogP contribution in [0.2, 0.25) is 37.9 Å². The topological polar surface area (TPSA) is 18.5 Å². The van der Waals surface area contributed by atoms with Crippen LogP contribution in [0.3, 0.4) is 0 Å². The first-order valence-corrected chi connectivity index (χ1v) is 18.8. The Morgan fingerprint density at radius 3 is 1.85 bits per heavy atom. The highest BCUT2D eigenvalue weighted by Gasteiger charge is 2.50. The van der Waals surface area contributed by atoms with Crippen molar-refractivity contribution in [2.45, 2.75) is 76.4 Å².